The molecule has 6 nitrogen and oxygen atoms in total. The van der Waals surface area contributed by atoms with Crippen LogP contribution in [0.2, 0.25) is 0 Å². The molecular weight excluding hydrogens is 260 g/mol. The van der Waals surface area contributed by atoms with Crippen LogP contribution in [0.3, 0.4) is 0 Å². The van der Waals surface area contributed by atoms with E-state index in [0.29, 0.717) is 23.6 Å². The minimum absolute atomic E-state index is 0.0997. The van der Waals surface area contributed by atoms with Crippen LogP contribution in [0, 0.1) is 0 Å². The van der Waals surface area contributed by atoms with Gasteiger partial charge in [0.1, 0.15) is 11.5 Å². The number of rotatable bonds is 8. The number of amides is 1. The third-order valence-corrected chi connectivity index (χ3v) is 2.79. The van der Waals surface area contributed by atoms with E-state index in [1.54, 1.807) is 32.4 Å². The Bertz CT molecular complexity index is 437. The minimum atomic E-state index is -0.783. The molecule has 1 unspecified atom stereocenters. The number of hydrogen-bond donors (Lipinski definition) is 3. The zero-order valence-corrected chi connectivity index (χ0v) is 12.1. The number of aliphatic hydroxyl groups is 1. The predicted molar refractivity (Wildman–Crippen MR) is 76.1 cm³/mol. The number of hydrogen-bond acceptors (Lipinski definition) is 5. The van der Waals surface area contributed by atoms with Crippen LogP contribution < -0.4 is 20.1 Å². The zero-order valence-electron chi connectivity index (χ0n) is 12.1. The van der Waals surface area contributed by atoms with Gasteiger partial charge in [0.25, 0.3) is 0 Å². The fraction of sp³-hybridized carbons (Fsp3) is 0.500. The summed E-state index contributed by atoms with van der Waals surface area (Å²) in [5.74, 6) is 1.12. The van der Waals surface area contributed by atoms with Crippen LogP contribution in [0.4, 0.5) is 0 Å². The second kappa shape index (κ2) is 8.39. The molecule has 0 aliphatic rings. The summed E-state index contributed by atoms with van der Waals surface area (Å²) >= 11 is 0. The van der Waals surface area contributed by atoms with Crippen molar-refractivity contribution in [1.29, 1.82) is 0 Å². The van der Waals surface area contributed by atoms with Crippen LogP contribution in [0.25, 0.3) is 0 Å². The fourth-order valence-corrected chi connectivity index (χ4v) is 1.79. The highest BCUT2D eigenvalue weighted by Gasteiger charge is 2.14. The summed E-state index contributed by atoms with van der Waals surface area (Å²) in [5, 5.41) is 15.7. The Balaban J connectivity index is 2.61. The van der Waals surface area contributed by atoms with E-state index < -0.39 is 6.10 Å². The molecule has 0 fully saturated rings. The van der Waals surface area contributed by atoms with E-state index in [1.807, 2.05) is 6.92 Å². The van der Waals surface area contributed by atoms with Gasteiger partial charge in [-0.2, -0.15) is 0 Å². The minimum Gasteiger partial charge on any atom is -0.497 e. The predicted octanol–water partition coefficient (Wildman–Crippen LogP) is 0.463. The van der Waals surface area contributed by atoms with Crippen molar-refractivity contribution in [2.75, 3.05) is 33.9 Å². The molecule has 0 heterocycles. The first-order valence-corrected chi connectivity index (χ1v) is 6.49. The standard InChI is InChI=1S/C14H22N2O4/c1-4-16-14(18)9-15-8-12(17)11-7-10(19-2)5-6-13(11)20-3/h5-7,12,15,17H,4,8-9H2,1-3H3,(H,16,18). The molecule has 1 amide bonds. The van der Waals surface area contributed by atoms with E-state index in [2.05, 4.69) is 10.6 Å². The number of methoxy groups -OCH3 is 2. The average Bonchev–Trinajstić information content (AvgIpc) is 2.46. The van der Waals surface area contributed by atoms with E-state index in [0.717, 1.165) is 0 Å². The number of ether oxygens (including phenoxy) is 2. The lowest BCUT2D eigenvalue weighted by atomic mass is 10.1. The molecule has 1 aromatic rings. The number of likely N-dealkylation sites (N-methyl/N-ethyl adjacent to an activating group) is 1. The highest BCUT2D eigenvalue weighted by atomic mass is 16.5. The fourth-order valence-electron chi connectivity index (χ4n) is 1.79. The maximum absolute atomic E-state index is 11.3. The van der Waals surface area contributed by atoms with Crippen LogP contribution in [0.1, 0.15) is 18.6 Å². The van der Waals surface area contributed by atoms with Crippen molar-refractivity contribution in [3.05, 3.63) is 23.8 Å². The average molecular weight is 282 g/mol. The van der Waals surface area contributed by atoms with Crippen LogP contribution in [0.15, 0.2) is 18.2 Å². The van der Waals surface area contributed by atoms with Gasteiger partial charge in [-0.1, -0.05) is 0 Å². The van der Waals surface area contributed by atoms with Crippen molar-refractivity contribution >= 4 is 5.91 Å². The molecule has 3 N–H and O–H groups in total. The molecule has 0 radical (unpaired) electrons. The molecular formula is C14H22N2O4. The Labute approximate surface area is 119 Å². The zero-order chi connectivity index (χ0) is 15.0. The van der Waals surface area contributed by atoms with Gasteiger partial charge in [-0.05, 0) is 25.1 Å². The lowest BCUT2D eigenvalue weighted by molar-refractivity contribution is -0.120. The van der Waals surface area contributed by atoms with Crippen LogP contribution in [-0.4, -0.2) is 44.9 Å². The van der Waals surface area contributed by atoms with Gasteiger partial charge in [-0.3, -0.25) is 4.79 Å². The van der Waals surface area contributed by atoms with Gasteiger partial charge < -0.3 is 25.2 Å². The summed E-state index contributed by atoms with van der Waals surface area (Å²) in [7, 11) is 3.10. The van der Waals surface area contributed by atoms with Crippen molar-refractivity contribution in [3.63, 3.8) is 0 Å². The second-order valence-electron chi connectivity index (χ2n) is 4.21. The number of carbonyl (C=O) groups is 1. The SMILES string of the molecule is CCNC(=O)CNCC(O)c1cc(OC)ccc1OC. The second-order valence-corrected chi connectivity index (χ2v) is 4.21. The molecule has 0 saturated carbocycles. The highest BCUT2D eigenvalue weighted by Crippen LogP contribution is 2.28. The largest absolute Gasteiger partial charge is 0.497 e. The van der Waals surface area contributed by atoms with Crippen LogP contribution >= 0.6 is 0 Å². The van der Waals surface area contributed by atoms with E-state index in [-0.39, 0.29) is 19.0 Å². The number of nitrogens with one attached hydrogen (secondary N) is 2. The Kier molecular flexibility index (Phi) is 6.83. The Morgan fingerprint density at radius 2 is 2.10 bits per heavy atom. The Morgan fingerprint density at radius 3 is 2.70 bits per heavy atom. The van der Waals surface area contributed by atoms with Gasteiger partial charge in [0, 0.05) is 18.7 Å². The molecule has 0 bridgehead atoms. The topological polar surface area (TPSA) is 79.8 Å². The summed E-state index contributed by atoms with van der Waals surface area (Å²) in [6.45, 7) is 2.86. The van der Waals surface area contributed by atoms with E-state index in [4.69, 9.17) is 9.47 Å². The smallest absolute Gasteiger partial charge is 0.233 e. The van der Waals surface area contributed by atoms with Gasteiger partial charge in [0.2, 0.25) is 5.91 Å². The molecule has 1 rings (SSSR count). The van der Waals surface area contributed by atoms with Gasteiger partial charge in [-0.15, -0.1) is 0 Å². The first-order valence-electron chi connectivity index (χ1n) is 6.49. The van der Waals surface area contributed by atoms with Crippen molar-refractivity contribution in [2.45, 2.75) is 13.0 Å². The molecule has 0 aromatic heterocycles. The maximum atomic E-state index is 11.3. The Morgan fingerprint density at radius 1 is 1.35 bits per heavy atom. The van der Waals surface area contributed by atoms with Crippen LogP contribution in [-0.2, 0) is 4.79 Å². The van der Waals surface area contributed by atoms with Crippen LogP contribution in [0.5, 0.6) is 11.5 Å². The monoisotopic (exact) mass is 282 g/mol. The van der Waals surface area contributed by atoms with Crippen molar-refractivity contribution in [2.24, 2.45) is 0 Å². The third kappa shape index (κ3) is 4.71. The van der Waals surface area contributed by atoms with E-state index in [1.165, 1.54) is 0 Å². The summed E-state index contributed by atoms with van der Waals surface area (Å²) in [4.78, 5) is 11.3. The normalized spacial score (nSPS) is 11.8. The summed E-state index contributed by atoms with van der Waals surface area (Å²) < 4.78 is 10.3. The summed E-state index contributed by atoms with van der Waals surface area (Å²) in [5.41, 5.74) is 0.621. The Hall–Kier alpha value is -1.79. The molecule has 6 heteroatoms. The van der Waals surface area contributed by atoms with Crippen molar-refractivity contribution < 1.29 is 19.4 Å². The molecule has 0 aliphatic heterocycles. The molecule has 112 valence electrons. The molecule has 0 aliphatic carbocycles. The first-order chi connectivity index (χ1) is 9.62. The van der Waals surface area contributed by atoms with Gasteiger partial charge >= 0.3 is 0 Å². The highest BCUT2D eigenvalue weighted by molar-refractivity contribution is 5.77. The van der Waals surface area contributed by atoms with Crippen molar-refractivity contribution in [3.8, 4) is 11.5 Å². The summed E-state index contributed by atoms with van der Waals surface area (Å²) in [6, 6.07) is 5.22. The van der Waals surface area contributed by atoms with E-state index in [9.17, 15) is 9.90 Å². The van der Waals surface area contributed by atoms with Gasteiger partial charge in [0.15, 0.2) is 0 Å². The quantitative estimate of drug-likeness (QED) is 0.645. The first kappa shape index (κ1) is 16.3. The van der Waals surface area contributed by atoms with Gasteiger partial charge in [0.05, 0.1) is 26.9 Å². The number of benzene rings is 1. The lowest BCUT2D eigenvalue weighted by Gasteiger charge is -2.16. The molecule has 1 atom stereocenters. The number of carbonyl (C=O) groups excluding carboxylic acids is 1. The lowest BCUT2D eigenvalue weighted by Crippen LogP contribution is -2.35. The molecule has 0 spiro atoms. The van der Waals surface area contributed by atoms with E-state index >= 15 is 0 Å². The molecule has 1 aromatic carbocycles. The summed E-state index contributed by atoms with van der Waals surface area (Å²) in [6.07, 6.45) is -0.783. The molecule has 20 heavy (non-hydrogen) atoms. The molecule has 0 saturated heterocycles. The number of aliphatic hydroxyl groups excluding tert-OH is 1. The third-order valence-electron chi connectivity index (χ3n) is 2.79. The van der Waals surface area contributed by atoms with Crippen molar-refractivity contribution in [1.82, 2.24) is 10.6 Å². The maximum Gasteiger partial charge on any atom is 0.233 e. The van der Waals surface area contributed by atoms with Gasteiger partial charge in [-0.25, -0.2) is 0 Å².